The predicted molar refractivity (Wildman–Crippen MR) is 64.5 cm³/mol. The van der Waals surface area contributed by atoms with E-state index in [1.54, 1.807) is 4.90 Å². The lowest BCUT2D eigenvalue weighted by molar-refractivity contribution is 0.0380. The van der Waals surface area contributed by atoms with Gasteiger partial charge < -0.3 is 14.7 Å². The quantitative estimate of drug-likeness (QED) is 0.899. The highest BCUT2D eigenvalue weighted by Gasteiger charge is 2.24. The molecule has 0 saturated carbocycles. The maximum absolute atomic E-state index is 13.9. The van der Waals surface area contributed by atoms with Crippen LogP contribution >= 0.6 is 0 Å². The topological polar surface area (TPSA) is 32.7 Å². The van der Waals surface area contributed by atoms with Crippen LogP contribution in [0.25, 0.3) is 0 Å². The fraction of sp³-hybridized carbons (Fsp3) is 0.538. The molecule has 1 atom stereocenters. The minimum atomic E-state index is -0.629. The molecule has 0 radical (unpaired) electrons. The summed E-state index contributed by atoms with van der Waals surface area (Å²) in [6, 6.07) is 2.35. The average Bonchev–Trinajstić information content (AvgIpc) is 2.38. The van der Waals surface area contributed by atoms with E-state index < -0.39 is 11.6 Å². The number of ether oxygens (including phenoxy) is 1. The van der Waals surface area contributed by atoms with E-state index >= 15 is 0 Å². The van der Waals surface area contributed by atoms with Gasteiger partial charge in [-0.2, -0.15) is 0 Å². The molecule has 18 heavy (non-hydrogen) atoms. The minimum absolute atomic E-state index is 0.00932. The summed E-state index contributed by atoms with van der Waals surface area (Å²) in [6.45, 7) is 3.05. The molecular formula is C13H17F2NO2. The fourth-order valence-electron chi connectivity index (χ4n) is 2.18. The van der Waals surface area contributed by atoms with Crippen LogP contribution in [0.2, 0.25) is 0 Å². The summed E-state index contributed by atoms with van der Waals surface area (Å²) in [7, 11) is 0. The van der Waals surface area contributed by atoms with E-state index in [-0.39, 0.29) is 24.0 Å². The molecule has 1 aromatic rings. The Labute approximate surface area is 105 Å². The van der Waals surface area contributed by atoms with Crippen LogP contribution in [0.15, 0.2) is 12.1 Å². The predicted octanol–water partition coefficient (Wildman–Crippen LogP) is 2.07. The van der Waals surface area contributed by atoms with Crippen molar-refractivity contribution in [3.8, 4) is 0 Å². The monoisotopic (exact) mass is 257 g/mol. The molecule has 0 amide bonds. The molecule has 1 aliphatic heterocycles. The molecular weight excluding hydrogens is 240 g/mol. The van der Waals surface area contributed by atoms with Gasteiger partial charge in [-0.15, -0.1) is 0 Å². The molecule has 100 valence electrons. The van der Waals surface area contributed by atoms with Gasteiger partial charge in [-0.3, -0.25) is 0 Å². The molecule has 0 aliphatic carbocycles. The summed E-state index contributed by atoms with van der Waals surface area (Å²) < 4.78 is 33.2. The Kier molecular flexibility index (Phi) is 4.14. The van der Waals surface area contributed by atoms with E-state index in [0.29, 0.717) is 19.7 Å². The SMILES string of the molecule is CCC1CN(c2c(F)cc(CO)cc2F)CCO1. The molecule has 1 aromatic carbocycles. The zero-order valence-corrected chi connectivity index (χ0v) is 10.3. The van der Waals surface area contributed by atoms with Gasteiger partial charge in [0, 0.05) is 13.1 Å². The Bertz CT molecular complexity index is 402. The van der Waals surface area contributed by atoms with Crippen LogP contribution < -0.4 is 4.90 Å². The van der Waals surface area contributed by atoms with E-state index in [1.807, 2.05) is 6.92 Å². The van der Waals surface area contributed by atoms with Gasteiger partial charge in [0.25, 0.3) is 0 Å². The molecule has 2 rings (SSSR count). The van der Waals surface area contributed by atoms with E-state index in [0.717, 1.165) is 6.42 Å². The molecule has 0 aromatic heterocycles. The summed E-state index contributed by atoms with van der Waals surface area (Å²) >= 11 is 0. The average molecular weight is 257 g/mol. The van der Waals surface area contributed by atoms with Crippen LogP contribution in [0.1, 0.15) is 18.9 Å². The van der Waals surface area contributed by atoms with Crippen molar-refractivity contribution in [3.63, 3.8) is 0 Å². The number of rotatable bonds is 3. The van der Waals surface area contributed by atoms with Crippen molar-refractivity contribution >= 4 is 5.69 Å². The van der Waals surface area contributed by atoms with Gasteiger partial charge in [0.05, 0.1) is 19.3 Å². The van der Waals surface area contributed by atoms with Crippen molar-refractivity contribution in [2.45, 2.75) is 26.1 Å². The van der Waals surface area contributed by atoms with E-state index in [9.17, 15) is 8.78 Å². The number of hydrogen-bond acceptors (Lipinski definition) is 3. The third-order valence-corrected chi connectivity index (χ3v) is 3.17. The fourth-order valence-corrected chi connectivity index (χ4v) is 2.18. The lowest BCUT2D eigenvalue weighted by Crippen LogP contribution is -2.43. The third kappa shape index (κ3) is 2.62. The number of aliphatic hydroxyl groups is 1. The summed E-state index contributed by atoms with van der Waals surface area (Å²) in [5, 5.41) is 8.90. The van der Waals surface area contributed by atoms with Crippen LogP contribution in [0.3, 0.4) is 0 Å². The van der Waals surface area contributed by atoms with Crippen LogP contribution in [-0.4, -0.2) is 30.9 Å². The Morgan fingerprint density at radius 3 is 2.61 bits per heavy atom. The Balaban J connectivity index is 2.27. The van der Waals surface area contributed by atoms with E-state index in [1.165, 1.54) is 12.1 Å². The van der Waals surface area contributed by atoms with Gasteiger partial charge >= 0.3 is 0 Å². The zero-order valence-electron chi connectivity index (χ0n) is 10.3. The smallest absolute Gasteiger partial charge is 0.149 e. The second-order valence-corrected chi connectivity index (χ2v) is 4.41. The summed E-state index contributed by atoms with van der Waals surface area (Å²) in [5.74, 6) is -1.26. The number of halogens is 2. The van der Waals surface area contributed by atoms with Crippen LogP contribution in [-0.2, 0) is 11.3 Å². The minimum Gasteiger partial charge on any atom is -0.392 e. The Morgan fingerprint density at radius 1 is 1.39 bits per heavy atom. The lowest BCUT2D eigenvalue weighted by Gasteiger charge is -2.34. The van der Waals surface area contributed by atoms with Crippen molar-refractivity contribution in [1.82, 2.24) is 0 Å². The Hall–Kier alpha value is -1.20. The highest BCUT2D eigenvalue weighted by atomic mass is 19.1. The van der Waals surface area contributed by atoms with Crippen LogP contribution in [0.4, 0.5) is 14.5 Å². The van der Waals surface area contributed by atoms with Crippen LogP contribution in [0, 0.1) is 11.6 Å². The van der Waals surface area contributed by atoms with Gasteiger partial charge in [-0.05, 0) is 24.1 Å². The highest BCUT2D eigenvalue weighted by molar-refractivity contribution is 5.51. The third-order valence-electron chi connectivity index (χ3n) is 3.17. The van der Waals surface area contributed by atoms with Crippen molar-refractivity contribution < 1.29 is 18.6 Å². The second-order valence-electron chi connectivity index (χ2n) is 4.41. The first kappa shape index (κ1) is 13.2. The maximum Gasteiger partial charge on any atom is 0.149 e. The number of nitrogens with zero attached hydrogens (tertiary/aromatic N) is 1. The lowest BCUT2D eigenvalue weighted by atomic mass is 10.1. The molecule has 0 bridgehead atoms. The first-order valence-corrected chi connectivity index (χ1v) is 6.11. The number of hydrogen-bond donors (Lipinski definition) is 1. The molecule has 3 nitrogen and oxygen atoms in total. The van der Waals surface area contributed by atoms with Gasteiger partial charge in [0.2, 0.25) is 0 Å². The highest BCUT2D eigenvalue weighted by Crippen LogP contribution is 2.27. The summed E-state index contributed by atoms with van der Waals surface area (Å²) in [5.41, 5.74) is 0.225. The largest absolute Gasteiger partial charge is 0.392 e. The van der Waals surface area contributed by atoms with Gasteiger partial charge in [-0.1, -0.05) is 6.92 Å². The number of morpholine rings is 1. The Morgan fingerprint density at radius 2 is 2.06 bits per heavy atom. The van der Waals surface area contributed by atoms with Gasteiger partial charge in [-0.25, -0.2) is 8.78 Å². The van der Waals surface area contributed by atoms with Crippen LogP contribution in [0.5, 0.6) is 0 Å². The first-order chi connectivity index (χ1) is 8.65. The van der Waals surface area contributed by atoms with Crippen molar-refractivity contribution in [2.75, 3.05) is 24.6 Å². The summed E-state index contributed by atoms with van der Waals surface area (Å²) in [4.78, 5) is 1.67. The molecule has 0 spiro atoms. The molecule has 1 fully saturated rings. The number of benzene rings is 1. The normalized spacial score (nSPS) is 20.2. The zero-order chi connectivity index (χ0) is 13.1. The van der Waals surface area contributed by atoms with Crippen molar-refractivity contribution in [1.29, 1.82) is 0 Å². The van der Waals surface area contributed by atoms with Gasteiger partial charge in [0.1, 0.15) is 17.3 Å². The standard InChI is InChI=1S/C13H17F2NO2/c1-2-10-7-16(3-4-18-10)13-11(14)5-9(8-17)6-12(13)15/h5-6,10,17H,2-4,7-8H2,1H3. The molecule has 1 N–H and O–H groups in total. The van der Waals surface area contributed by atoms with Crippen molar-refractivity contribution in [2.24, 2.45) is 0 Å². The molecule has 1 unspecified atom stereocenters. The van der Waals surface area contributed by atoms with E-state index in [2.05, 4.69) is 0 Å². The molecule has 1 saturated heterocycles. The number of aliphatic hydroxyl groups excluding tert-OH is 1. The second kappa shape index (κ2) is 5.63. The van der Waals surface area contributed by atoms with E-state index in [4.69, 9.17) is 9.84 Å². The molecule has 1 heterocycles. The summed E-state index contributed by atoms with van der Waals surface area (Å²) in [6.07, 6.45) is 0.823. The van der Waals surface area contributed by atoms with Crippen molar-refractivity contribution in [3.05, 3.63) is 29.3 Å². The first-order valence-electron chi connectivity index (χ1n) is 6.11. The molecule has 1 aliphatic rings. The number of anilines is 1. The molecule has 5 heteroatoms. The van der Waals surface area contributed by atoms with Gasteiger partial charge in [0.15, 0.2) is 0 Å². The maximum atomic E-state index is 13.9.